The van der Waals surface area contributed by atoms with Gasteiger partial charge in [-0.3, -0.25) is 9.89 Å². The Kier molecular flexibility index (Phi) is 3.19. The van der Waals surface area contributed by atoms with E-state index in [0.29, 0.717) is 0 Å². The summed E-state index contributed by atoms with van der Waals surface area (Å²) in [5.41, 5.74) is 6.52. The number of carbonyl (C=O) groups excluding carboxylic acids is 1. The molecular weight excluding hydrogens is 322 g/mol. The van der Waals surface area contributed by atoms with E-state index in [1.807, 2.05) is 49.4 Å². The number of nitrogens with zero attached hydrogens (tertiary/aromatic N) is 1. The molecule has 1 aromatic heterocycles. The molecule has 0 spiro atoms. The average Bonchev–Trinajstić information content (AvgIpc) is 3.19. The molecule has 0 bridgehead atoms. The number of H-pyrrole nitrogens is 1. The van der Waals surface area contributed by atoms with Crippen molar-refractivity contribution in [2.24, 2.45) is 0 Å². The number of rotatable bonds is 2. The Morgan fingerprint density at radius 1 is 1.00 bits per heavy atom. The van der Waals surface area contributed by atoms with E-state index in [-0.39, 0.29) is 11.7 Å². The lowest BCUT2D eigenvalue weighted by molar-refractivity contribution is 0.103. The molecule has 2 aromatic carbocycles. The maximum absolute atomic E-state index is 13.1. The predicted molar refractivity (Wildman–Crippen MR) is 103 cm³/mol. The fraction of sp³-hybridized carbons (Fsp3) is 0.0909. The molecular formula is C22H17N3O. The van der Waals surface area contributed by atoms with Crippen LogP contribution in [0.2, 0.25) is 0 Å². The molecule has 1 unspecified atom stereocenters. The van der Waals surface area contributed by atoms with Crippen LogP contribution in [-0.2, 0) is 0 Å². The van der Waals surface area contributed by atoms with E-state index in [4.69, 9.17) is 0 Å². The molecule has 0 radical (unpaired) electrons. The zero-order chi connectivity index (χ0) is 17.7. The minimum Gasteiger partial charge on any atom is -0.338 e. The van der Waals surface area contributed by atoms with Crippen LogP contribution in [0.15, 0.2) is 66.2 Å². The van der Waals surface area contributed by atoms with Crippen molar-refractivity contribution < 1.29 is 4.79 Å². The highest BCUT2D eigenvalue weighted by Gasteiger charge is 2.39. The van der Waals surface area contributed by atoms with Gasteiger partial charge in [0.1, 0.15) is 0 Å². The van der Waals surface area contributed by atoms with Gasteiger partial charge in [0.05, 0.1) is 5.70 Å². The van der Waals surface area contributed by atoms with E-state index in [2.05, 4.69) is 39.8 Å². The lowest BCUT2D eigenvalue weighted by Crippen LogP contribution is -2.16. The molecule has 5 rings (SSSR count). The number of fused-ring (bicyclic) bond motifs is 3. The number of benzene rings is 2. The van der Waals surface area contributed by atoms with E-state index >= 15 is 0 Å². The number of allylic oxidation sites excluding steroid dienone is 2. The summed E-state index contributed by atoms with van der Waals surface area (Å²) in [4.78, 5) is 13.1. The number of nitrogens with one attached hydrogen (secondary N) is 2. The quantitative estimate of drug-likeness (QED) is 0.720. The van der Waals surface area contributed by atoms with E-state index in [9.17, 15) is 4.79 Å². The molecule has 126 valence electrons. The Hall–Kier alpha value is -3.40. The van der Waals surface area contributed by atoms with E-state index in [0.717, 1.165) is 45.0 Å². The number of hydrogen-bond donors (Lipinski definition) is 2. The Labute approximate surface area is 151 Å². The molecule has 0 fully saturated rings. The number of ketones is 1. The monoisotopic (exact) mass is 339 g/mol. The minimum absolute atomic E-state index is 0.0945. The molecule has 4 nitrogen and oxygen atoms in total. The van der Waals surface area contributed by atoms with Gasteiger partial charge in [-0.1, -0.05) is 66.7 Å². The largest absolute Gasteiger partial charge is 0.338 e. The molecule has 3 aromatic rings. The number of Topliss-reactive ketones (excluding diaryl/α,β-unsaturated/α-hetero) is 1. The normalized spacial score (nSPS) is 17.9. The van der Waals surface area contributed by atoms with Gasteiger partial charge in [0.15, 0.2) is 11.6 Å². The first-order chi connectivity index (χ1) is 12.7. The average molecular weight is 339 g/mol. The van der Waals surface area contributed by atoms with Crippen LogP contribution in [0.4, 0.5) is 5.82 Å². The summed E-state index contributed by atoms with van der Waals surface area (Å²) in [7, 11) is 0. The topological polar surface area (TPSA) is 57.8 Å². The number of aryl methyl sites for hydroxylation is 1. The van der Waals surface area contributed by atoms with Crippen LogP contribution in [-0.4, -0.2) is 16.0 Å². The molecule has 1 aliphatic heterocycles. The second-order valence-corrected chi connectivity index (χ2v) is 6.65. The van der Waals surface area contributed by atoms with Crippen LogP contribution >= 0.6 is 0 Å². The second kappa shape index (κ2) is 5.56. The van der Waals surface area contributed by atoms with Crippen molar-refractivity contribution in [1.29, 1.82) is 0 Å². The van der Waals surface area contributed by atoms with Crippen molar-refractivity contribution >= 4 is 23.4 Å². The van der Waals surface area contributed by atoms with Gasteiger partial charge < -0.3 is 5.32 Å². The smallest absolute Gasteiger partial charge is 0.192 e. The highest BCUT2D eigenvalue weighted by molar-refractivity contribution is 6.23. The predicted octanol–water partition coefficient (Wildman–Crippen LogP) is 4.55. The van der Waals surface area contributed by atoms with Crippen molar-refractivity contribution in [1.82, 2.24) is 10.2 Å². The van der Waals surface area contributed by atoms with Gasteiger partial charge in [-0.25, -0.2) is 0 Å². The summed E-state index contributed by atoms with van der Waals surface area (Å²) in [6, 6.07) is 17.9. The molecule has 4 heteroatoms. The molecule has 2 aliphatic rings. The SMILES string of the molecule is Cc1[nH]nc2c1C(/C=C/c1ccccc1)C1=C(N2)c2ccccc2C1=O. The number of aromatic nitrogens is 2. The summed E-state index contributed by atoms with van der Waals surface area (Å²) < 4.78 is 0. The third-order valence-electron chi connectivity index (χ3n) is 5.10. The van der Waals surface area contributed by atoms with Gasteiger partial charge in [0.25, 0.3) is 0 Å². The Bertz CT molecular complexity index is 1090. The molecule has 0 saturated carbocycles. The Balaban J connectivity index is 1.67. The van der Waals surface area contributed by atoms with E-state index in [1.54, 1.807) is 0 Å². The second-order valence-electron chi connectivity index (χ2n) is 6.65. The van der Waals surface area contributed by atoms with Gasteiger partial charge in [-0.05, 0) is 12.5 Å². The fourth-order valence-electron chi connectivity index (χ4n) is 3.87. The Morgan fingerprint density at radius 2 is 1.73 bits per heavy atom. The van der Waals surface area contributed by atoms with Gasteiger partial charge in [-0.2, -0.15) is 5.10 Å². The minimum atomic E-state index is -0.125. The highest BCUT2D eigenvalue weighted by Crippen LogP contribution is 2.47. The summed E-state index contributed by atoms with van der Waals surface area (Å²) in [5.74, 6) is 0.769. The van der Waals surface area contributed by atoms with Crippen molar-refractivity contribution in [2.45, 2.75) is 12.8 Å². The third kappa shape index (κ3) is 2.09. The number of hydrogen-bond acceptors (Lipinski definition) is 3. The van der Waals surface area contributed by atoms with Crippen molar-refractivity contribution in [2.75, 3.05) is 5.32 Å². The molecule has 1 atom stereocenters. The fourth-order valence-corrected chi connectivity index (χ4v) is 3.87. The first-order valence-corrected chi connectivity index (χ1v) is 8.67. The van der Waals surface area contributed by atoms with Crippen LogP contribution in [0.5, 0.6) is 0 Å². The zero-order valence-corrected chi connectivity index (χ0v) is 14.3. The van der Waals surface area contributed by atoms with E-state index in [1.165, 1.54) is 0 Å². The number of anilines is 1. The molecule has 1 aliphatic carbocycles. The van der Waals surface area contributed by atoms with Crippen LogP contribution in [0.1, 0.15) is 38.7 Å². The van der Waals surface area contributed by atoms with Crippen molar-refractivity contribution in [3.63, 3.8) is 0 Å². The summed E-state index contributed by atoms with van der Waals surface area (Å²) in [6.45, 7) is 2.00. The summed E-state index contributed by atoms with van der Waals surface area (Å²) >= 11 is 0. The molecule has 26 heavy (non-hydrogen) atoms. The third-order valence-corrected chi connectivity index (χ3v) is 5.10. The van der Waals surface area contributed by atoms with E-state index < -0.39 is 0 Å². The van der Waals surface area contributed by atoms with Gasteiger partial charge in [0, 0.05) is 33.9 Å². The van der Waals surface area contributed by atoms with Crippen LogP contribution < -0.4 is 5.32 Å². The van der Waals surface area contributed by atoms with Crippen LogP contribution in [0.25, 0.3) is 11.8 Å². The molecule has 2 N–H and O–H groups in total. The molecule has 0 amide bonds. The molecule has 0 saturated heterocycles. The number of carbonyl (C=O) groups is 1. The maximum Gasteiger partial charge on any atom is 0.192 e. The van der Waals surface area contributed by atoms with Gasteiger partial charge in [0.2, 0.25) is 0 Å². The van der Waals surface area contributed by atoms with Gasteiger partial charge >= 0.3 is 0 Å². The van der Waals surface area contributed by atoms with Crippen LogP contribution in [0.3, 0.4) is 0 Å². The van der Waals surface area contributed by atoms with Crippen molar-refractivity contribution in [3.8, 4) is 0 Å². The summed E-state index contributed by atoms with van der Waals surface area (Å²) in [5, 5.41) is 10.8. The highest BCUT2D eigenvalue weighted by atomic mass is 16.1. The first kappa shape index (κ1) is 14.9. The molecule has 2 heterocycles. The number of aromatic amines is 1. The van der Waals surface area contributed by atoms with Crippen molar-refractivity contribution in [3.05, 3.63) is 94.2 Å². The zero-order valence-electron chi connectivity index (χ0n) is 14.3. The lowest BCUT2D eigenvalue weighted by Gasteiger charge is -2.23. The lowest BCUT2D eigenvalue weighted by atomic mass is 9.85. The van der Waals surface area contributed by atoms with Crippen LogP contribution in [0, 0.1) is 6.92 Å². The maximum atomic E-state index is 13.1. The van der Waals surface area contributed by atoms with Gasteiger partial charge in [-0.15, -0.1) is 0 Å². The summed E-state index contributed by atoms with van der Waals surface area (Å²) in [6.07, 6.45) is 4.18. The standard InChI is InChI=1S/C22H17N3O/c1-13-18-17(12-11-14-7-3-2-4-8-14)19-20(23-22(18)25-24-13)15-9-5-6-10-16(15)21(19)26/h2-12,17H,1H3,(H2,23,24,25)/b12-11+. The Morgan fingerprint density at radius 3 is 2.54 bits per heavy atom. The first-order valence-electron chi connectivity index (χ1n) is 8.67.